The largest absolute Gasteiger partial charge is 0.384 e. The van der Waals surface area contributed by atoms with Gasteiger partial charge in [-0.15, -0.1) is 0 Å². The van der Waals surface area contributed by atoms with Crippen molar-refractivity contribution < 1.29 is 8.42 Å². The highest BCUT2D eigenvalue weighted by atomic mass is 32.2. The first-order valence-electron chi connectivity index (χ1n) is 5.54. The van der Waals surface area contributed by atoms with Crippen LogP contribution in [-0.2, 0) is 9.84 Å². The van der Waals surface area contributed by atoms with Gasteiger partial charge in [-0.2, -0.15) is 0 Å². The monoisotopic (exact) mass is 269 g/mol. The Balaban J connectivity index is 3.00. The molecule has 18 heavy (non-hydrogen) atoms. The highest BCUT2D eigenvalue weighted by molar-refractivity contribution is 7.90. The summed E-state index contributed by atoms with van der Waals surface area (Å²) in [7, 11) is -1.20. The minimum atomic E-state index is -3.00. The SMILES string of the molecule is Cc1ccc(C(=N)N)c(N(C)CCS(C)(=O)=O)c1. The minimum absolute atomic E-state index is 0.0174. The van der Waals surface area contributed by atoms with Gasteiger partial charge in [0, 0.05) is 31.1 Å². The topological polar surface area (TPSA) is 87.2 Å². The van der Waals surface area contributed by atoms with Crippen molar-refractivity contribution in [2.45, 2.75) is 6.92 Å². The molecule has 5 nitrogen and oxygen atoms in total. The number of benzene rings is 1. The third-order valence-electron chi connectivity index (χ3n) is 2.65. The molecule has 0 amide bonds. The second-order valence-corrected chi connectivity index (χ2v) is 6.75. The van der Waals surface area contributed by atoms with Crippen molar-refractivity contribution in [1.82, 2.24) is 0 Å². The Morgan fingerprint density at radius 2 is 2.06 bits per heavy atom. The molecule has 0 radical (unpaired) electrons. The molecule has 1 rings (SSSR count). The molecule has 0 spiro atoms. The zero-order chi connectivity index (χ0) is 13.9. The van der Waals surface area contributed by atoms with Gasteiger partial charge in [-0.25, -0.2) is 8.42 Å². The van der Waals surface area contributed by atoms with Crippen LogP contribution in [0.25, 0.3) is 0 Å². The number of aryl methyl sites for hydroxylation is 1. The van der Waals surface area contributed by atoms with Crippen LogP contribution < -0.4 is 10.6 Å². The standard InChI is InChI=1S/C12H19N3O2S/c1-9-4-5-10(12(13)14)11(8-9)15(2)6-7-18(3,16)17/h4-5,8H,6-7H2,1-3H3,(H3,13,14). The molecule has 0 aliphatic rings. The molecule has 0 aliphatic heterocycles. The summed E-state index contributed by atoms with van der Waals surface area (Å²) in [5.74, 6) is 0.0608. The van der Waals surface area contributed by atoms with Gasteiger partial charge in [0.1, 0.15) is 15.7 Å². The summed E-state index contributed by atoms with van der Waals surface area (Å²) in [6.45, 7) is 2.32. The summed E-state index contributed by atoms with van der Waals surface area (Å²) in [5, 5.41) is 7.53. The molecule has 100 valence electrons. The van der Waals surface area contributed by atoms with Crippen molar-refractivity contribution in [3.8, 4) is 0 Å². The number of anilines is 1. The van der Waals surface area contributed by atoms with Gasteiger partial charge in [-0.05, 0) is 24.6 Å². The highest BCUT2D eigenvalue weighted by Crippen LogP contribution is 2.20. The maximum atomic E-state index is 11.2. The van der Waals surface area contributed by atoms with E-state index in [9.17, 15) is 8.42 Å². The van der Waals surface area contributed by atoms with E-state index in [-0.39, 0.29) is 11.6 Å². The summed E-state index contributed by atoms with van der Waals surface area (Å²) in [4.78, 5) is 1.81. The number of sulfone groups is 1. The van der Waals surface area contributed by atoms with Crippen LogP contribution in [0.1, 0.15) is 11.1 Å². The molecule has 3 N–H and O–H groups in total. The number of amidine groups is 1. The van der Waals surface area contributed by atoms with Gasteiger partial charge in [0.15, 0.2) is 0 Å². The zero-order valence-electron chi connectivity index (χ0n) is 10.9. The molecule has 0 heterocycles. The lowest BCUT2D eigenvalue weighted by molar-refractivity contribution is 0.601. The van der Waals surface area contributed by atoms with E-state index in [0.717, 1.165) is 11.3 Å². The van der Waals surface area contributed by atoms with E-state index in [1.807, 2.05) is 24.0 Å². The lowest BCUT2D eigenvalue weighted by Gasteiger charge is -2.22. The molecule has 0 aliphatic carbocycles. The lowest BCUT2D eigenvalue weighted by atomic mass is 10.1. The summed E-state index contributed by atoms with van der Waals surface area (Å²) in [6, 6.07) is 5.56. The number of hydrogen-bond acceptors (Lipinski definition) is 4. The highest BCUT2D eigenvalue weighted by Gasteiger charge is 2.12. The number of hydrogen-bond donors (Lipinski definition) is 2. The Labute approximate surface area is 108 Å². The number of nitrogens with zero attached hydrogens (tertiary/aromatic N) is 1. The first kappa shape index (κ1) is 14.5. The molecule has 1 aromatic rings. The van der Waals surface area contributed by atoms with E-state index in [1.165, 1.54) is 6.26 Å². The Hall–Kier alpha value is -1.56. The van der Waals surface area contributed by atoms with Crippen LogP contribution in [0.15, 0.2) is 18.2 Å². The van der Waals surface area contributed by atoms with Crippen molar-refractivity contribution in [3.63, 3.8) is 0 Å². The second-order valence-electron chi connectivity index (χ2n) is 4.49. The maximum Gasteiger partial charge on any atom is 0.149 e. The summed E-state index contributed by atoms with van der Waals surface area (Å²) in [6.07, 6.45) is 1.21. The Morgan fingerprint density at radius 1 is 1.44 bits per heavy atom. The Kier molecular flexibility index (Phi) is 4.34. The van der Waals surface area contributed by atoms with Crippen LogP contribution in [0.5, 0.6) is 0 Å². The molecule has 0 atom stereocenters. The molecule has 0 aromatic heterocycles. The number of nitrogens with two attached hydrogens (primary N) is 1. The molecule has 0 saturated heterocycles. The smallest absolute Gasteiger partial charge is 0.149 e. The first-order valence-corrected chi connectivity index (χ1v) is 7.60. The predicted octanol–water partition coefficient (Wildman–Crippen LogP) is 0.760. The molecule has 0 fully saturated rings. The Bertz CT molecular complexity index is 552. The molecule has 6 heteroatoms. The Morgan fingerprint density at radius 3 is 2.56 bits per heavy atom. The summed E-state index contributed by atoms with van der Waals surface area (Å²) >= 11 is 0. The first-order chi connectivity index (χ1) is 8.20. The lowest BCUT2D eigenvalue weighted by Crippen LogP contribution is -2.27. The van der Waals surface area contributed by atoms with Crippen LogP contribution in [0, 0.1) is 12.3 Å². The average molecular weight is 269 g/mol. The van der Waals surface area contributed by atoms with E-state index in [2.05, 4.69) is 0 Å². The fraction of sp³-hybridized carbons (Fsp3) is 0.417. The van der Waals surface area contributed by atoms with E-state index >= 15 is 0 Å². The average Bonchev–Trinajstić information content (AvgIpc) is 2.24. The molecule has 0 bridgehead atoms. The minimum Gasteiger partial charge on any atom is -0.384 e. The van der Waals surface area contributed by atoms with E-state index in [4.69, 9.17) is 11.1 Å². The van der Waals surface area contributed by atoms with Crippen LogP contribution in [0.2, 0.25) is 0 Å². The molecular formula is C12H19N3O2S. The van der Waals surface area contributed by atoms with Crippen LogP contribution in [-0.4, -0.2) is 39.9 Å². The van der Waals surface area contributed by atoms with E-state index < -0.39 is 9.84 Å². The van der Waals surface area contributed by atoms with E-state index in [0.29, 0.717) is 12.1 Å². The summed E-state index contributed by atoms with van der Waals surface area (Å²) < 4.78 is 22.3. The van der Waals surface area contributed by atoms with Crippen molar-refractivity contribution >= 4 is 21.4 Å². The fourth-order valence-electron chi connectivity index (χ4n) is 1.61. The molecule has 1 aromatic carbocycles. The normalized spacial score (nSPS) is 11.3. The third kappa shape index (κ3) is 4.03. The molecule has 0 unspecified atom stereocenters. The van der Waals surface area contributed by atoms with Gasteiger partial charge in [-0.1, -0.05) is 6.07 Å². The predicted molar refractivity (Wildman–Crippen MR) is 75.2 cm³/mol. The number of rotatable bonds is 5. The van der Waals surface area contributed by atoms with E-state index in [1.54, 1.807) is 13.1 Å². The van der Waals surface area contributed by atoms with Crippen molar-refractivity contribution in [2.75, 3.05) is 30.5 Å². The molecular weight excluding hydrogens is 250 g/mol. The van der Waals surface area contributed by atoms with Crippen molar-refractivity contribution in [1.29, 1.82) is 5.41 Å². The maximum absolute atomic E-state index is 11.2. The number of nitrogens with one attached hydrogen (secondary N) is 1. The van der Waals surface area contributed by atoms with Gasteiger partial charge >= 0.3 is 0 Å². The van der Waals surface area contributed by atoms with Crippen LogP contribution in [0.3, 0.4) is 0 Å². The zero-order valence-corrected chi connectivity index (χ0v) is 11.7. The van der Waals surface area contributed by atoms with Gasteiger partial charge in [0.25, 0.3) is 0 Å². The number of nitrogen functional groups attached to an aromatic ring is 1. The quantitative estimate of drug-likeness (QED) is 0.610. The van der Waals surface area contributed by atoms with Gasteiger partial charge in [0.05, 0.1) is 5.75 Å². The van der Waals surface area contributed by atoms with Gasteiger partial charge < -0.3 is 10.6 Å². The van der Waals surface area contributed by atoms with Crippen molar-refractivity contribution in [2.24, 2.45) is 5.73 Å². The van der Waals surface area contributed by atoms with Gasteiger partial charge in [-0.3, -0.25) is 5.41 Å². The fourth-order valence-corrected chi connectivity index (χ4v) is 2.21. The molecule has 0 saturated carbocycles. The van der Waals surface area contributed by atoms with Gasteiger partial charge in [0.2, 0.25) is 0 Å². The second kappa shape index (κ2) is 5.39. The third-order valence-corrected chi connectivity index (χ3v) is 3.58. The summed E-state index contributed by atoms with van der Waals surface area (Å²) in [5.41, 5.74) is 7.97. The van der Waals surface area contributed by atoms with Crippen LogP contribution >= 0.6 is 0 Å². The van der Waals surface area contributed by atoms with Crippen molar-refractivity contribution in [3.05, 3.63) is 29.3 Å². The van der Waals surface area contributed by atoms with Crippen LogP contribution in [0.4, 0.5) is 5.69 Å².